The predicted octanol–water partition coefficient (Wildman–Crippen LogP) is -2.36. The van der Waals surface area contributed by atoms with Crippen LogP contribution >= 0.6 is 0 Å². The summed E-state index contributed by atoms with van der Waals surface area (Å²) >= 11 is 0. The molecule has 0 aromatic carbocycles. The van der Waals surface area contributed by atoms with Gasteiger partial charge >= 0.3 is 45.5 Å². The van der Waals surface area contributed by atoms with Crippen LogP contribution in [-0.4, -0.2) is 65.9 Å². The van der Waals surface area contributed by atoms with Crippen LogP contribution in [0.2, 0.25) is 0 Å². The van der Waals surface area contributed by atoms with E-state index in [4.69, 9.17) is 17.2 Å². The van der Waals surface area contributed by atoms with Crippen molar-refractivity contribution in [1.82, 2.24) is 15.0 Å². The summed E-state index contributed by atoms with van der Waals surface area (Å²) in [4.78, 5) is 10.5. The summed E-state index contributed by atoms with van der Waals surface area (Å²) in [5, 5.41) is 0. The van der Waals surface area contributed by atoms with E-state index in [1.54, 1.807) is 0 Å². The summed E-state index contributed by atoms with van der Waals surface area (Å²) in [5.74, 6) is 0.125. The Balaban J connectivity index is -0.000000101. The van der Waals surface area contributed by atoms with E-state index in [0.717, 1.165) is 0 Å². The first kappa shape index (κ1) is 13.4. The second kappa shape index (κ2) is 5.49. The van der Waals surface area contributed by atoms with Crippen molar-refractivity contribution in [3.8, 4) is 0 Å². The maximum atomic E-state index is 5.14. The van der Waals surface area contributed by atoms with Crippen LogP contribution in [0.1, 0.15) is 2.85 Å². The van der Waals surface area contributed by atoms with Crippen molar-refractivity contribution in [3.05, 3.63) is 0 Å². The molecule has 0 aliphatic heterocycles. The minimum absolute atomic E-state index is 0. The third kappa shape index (κ3) is 4.32. The van der Waals surface area contributed by atoms with Crippen molar-refractivity contribution < 1.29 is 8.33 Å². The molecule has 7 nitrogen and oxygen atoms in total. The number of nitrogens with zero attached hydrogens (tertiary/aromatic N) is 3. The van der Waals surface area contributed by atoms with E-state index in [0.29, 0.717) is 0 Å². The topological polar surface area (TPSA) is 148 Å². The molecule has 11 heavy (non-hydrogen) atoms. The first-order valence-electron chi connectivity index (χ1n) is 2.21. The number of hydrogen-bond acceptors (Lipinski definition) is 6. The summed E-state index contributed by atoms with van der Waals surface area (Å²) in [6.07, 6.45) is 0. The molecule has 0 amide bonds. The van der Waals surface area contributed by atoms with Gasteiger partial charge in [-0.15, -0.1) is 0 Å². The summed E-state index contributed by atoms with van der Waals surface area (Å²) in [7, 11) is 0. The van der Waals surface area contributed by atoms with E-state index in [-0.39, 0.29) is 71.7 Å². The van der Waals surface area contributed by atoms with Crippen molar-refractivity contribution in [3.63, 3.8) is 0 Å². The first-order valence-corrected chi connectivity index (χ1v) is 2.21. The fourth-order valence-corrected chi connectivity index (χ4v) is 0.427. The van der Waals surface area contributed by atoms with Gasteiger partial charge in [0.25, 0.3) is 0 Å². The third-order valence-electron chi connectivity index (χ3n) is 0.687. The van der Waals surface area contributed by atoms with Crippen molar-refractivity contribution in [2.45, 2.75) is 0 Å². The van der Waals surface area contributed by atoms with Gasteiger partial charge in [0.2, 0.25) is 17.8 Å². The fraction of sp³-hybridized carbons (Fsp3) is 0. The number of rotatable bonds is 0. The van der Waals surface area contributed by atoms with Gasteiger partial charge in [-0.3, -0.25) is 0 Å². The Hall–Kier alpha value is -0.149. The number of nitrogens with two attached hydrogens (primary N) is 3. The van der Waals surface area contributed by atoms with Gasteiger partial charge in [0.05, 0.1) is 0 Å². The molecule has 0 radical (unpaired) electrons. The standard InChI is InChI=1S/C3H6N6.H2O.Sr.2H/c4-1-7-2(5)9-3(6)8-1;;;;/h(H6,4,5,6,7,8,9);1H2;;;/q;;+2;2*-1. The molecule has 0 aliphatic rings. The second-order valence-electron chi connectivity index (χ2n) is 1.41. The zero-order valence-corrected chi connectivity index (χ0v) is 9.26. The molecule has 0 atom stereocenters. The average molecular weight is 234 g/mol. The Labute approximate surface area is 103 Å². The van der Waals surface area contributed by atoms with Crippen molar-refractivity contribution in [2.24, 2.45) is 0 Å². The van der Waals surface area contributed by atoms with E-state index in [9.17, 15) is 0 Å². The molecule has 1 aromatic rings. The Morgan fingerprint density at radius 1 is 0.818 bits per heavy atom. The molecular formula is C3H10N6OSr. The SMILES string of the molecule is Nc1nc(N)nc(N)n1.O.[H-].[H-].[Sr+2]. The maximum absolute atomic E-state index is 5.14. The van der Waals surface area contributed by atoms with Crippen molar-refractivity contribution in [2.75, 3.05) is 17.2 Å². The van der Waals surface area contributed by atoms with E-state index in [2.05, 4.69) is 15.0 Å². The number of anilines is 3. The maximum Gasteiger partial charge on any atom is 2.00 e. The Morgan fingerprint density at radius 2 is 1.00 bits per heavy atom. The van der Waals surface area contributed by atoms with Crippen molar-refractivity contribution >= 4 is 63.3 Å². The largest absolute Gasteiger partial charge is 2.00 e. The molecule has 0 unspecified atom stereocenters. The van der Waals surface area contributed by atoms with Crippen LogP contribution in [0.5, 0.6) is 0 Å². The van der Waals surface area contributed by atoms with E-state index in [1.807, 2.05) is 0 Å². The molecule has 0 saturated carbocycles. The van der Waals surface area contributed by atoms with Crippen LogP contribution < -0.4 is 17.2 Å². The Bertz CT molecular complexity index is 187. The minimum atomic E-state index is 0. The van der Waals surface area contributed by atoms with Crippen molar-refractivity contribution in [1.29, 1.82) is 0 Å². The molecule has 0 spiro atoms. The van der Waals surface area contributed by atoms with Gasteiger partial charge in [-0.2, -0.15) is 15.0 Å². The van der Waals surface area contributed by atoms with Crippen LogP contribution in [0.4, 0.5) is 17.8 Å². The normalized spacial score (nSPS) is 7.64. The summed E-state index contributed by atoms with van der Waals surface area (Å²) in [6, 6.07) is 0. The number of nitrogen functional groups attached to an aromatic ring is 3. The smallest absolute Gasteiger partial charge is 1.00 e. The minimum Gasteiger partial charge on any atom is -1.00 e. The Morgan fingerprint density at radius 3 is 1.18 bits per heavy atom. The molecule has 8 heteroatoms. The number of aromatic nitrogens is 3. The molecule has 0 fully saturated rings. The van der Waals surface area contributed by atoms with Crippen LogP contribution in [0.3, 0.4) is 0 Å². The molecule has 1 rings (SSSR count). The molecule has 8 N–H and O–H groups in total. The summed E-state index contributed by atoms with van der Waals surface area (Å²) < 4.78 is 0. The van der Waals surface area contributed by atoms with E-state index >= 15 is 0 Å². The molecule has 0 aliphatic carbocycles. The van der Waals surface area contributed by atoms with Gasteiger partial charge in [0, 0.05) is 0 Å². The summed E-state index contributed by atoms with van der Waals surface area (Å²) in [5.41, 5.74) is 15.4. The van der Waals surface area contributed by atoms with Crippen LogP contribution in [0.15, 0.2) is 0 Å². The van der Waals surface area contributed by atoms with Gasteiger partial charge in [0.1, 0.15) is 0 Å². The van der Waals surface area contributed by atoms with Gasteiger partial charge in [-0.05, 0) is 0 Å². The van der Waals surface area contributed by atoms with Crippen LogP contribution in [0.25, 0.3) is 0 Å². The molecule has 1 aromatic heterocycles. The monoisotopic (exact) mass is 234 g/mol. The quantitative estimate of drug-likeness (QED) is 0.427. The predicted molar refractivity (Wildman–Crippen MR) is 44.7 cm³/mol. The first-order chi connectivity index (χ1) is 4.18. The third-order valence-corrected chi connectivity index (χ3v) is 0.687. The van der Waals surface area contributed by atoms with E-state index < -0.39 is 0 Å². The molecular weight excluding hydrogens is 224 g/mol. The molecule has 60 valence electrons. The van der Waals surface area contributed by atoms with Crippen LogP contribution in [0, 0.1) is 0 Å². The molecule has 0 bridgehead atoms. The number of hydrogen-bond donors (Lipinski definition) is 3. The van der Waals surface area contributed by atoms with E-state index in [1.165, 1.54) is 0 Å². The summed E-state index contributed by atoms with van der Waals surface area (Å²) in [6.45, 7) is 0. The van der Waals surface area contributed by atoms with Gasteiger partial charge in [-0.1, -0.05) is 0 Å². The van der Waals surface area contributed by atoms with Crippen LogP contribution in [-0.2, 0) is 0 Å². The molecule has 1 heterocycles. The average Bonchev–Trinajstić information content (AvgIpc) is 1.59. The fourth-order valence-electron chi connectivity index (χ4n) is 0.427. The zero-order chi connectivity index (χ0) is 6.85. The van der Waals surface area contributed by atoms with Gasteiger partial charge in [-0.25, -0.2) is 0 Å². The van der Waals surface area contributed by atoms with Gasteiger partial charge < -0.3 is 25.5 Å². The van der Waals surface area contributed by atoms with Gasteiger partial charge in [0.15, 0.2) is 0 Å². The molecule has 0 saturated heterocycles. The second-order valence-corrected chi connectivity index (χ2v) is 1.41. The Kier molecular flexibility index (Phi) is 6.71. The zero-order valence-electron chi connectivity index (χ0n) is 7.78.